The zero-order valence-electron chi connectivity index (χ0n) is 16.3. The highest BCUT2D eigenvalue weighted by Crippen LogP contribution is 2.36. The summed E-state index contributed by atoms with van der Waals surface area (Å²) in [4.78, 5) is 8.92. The first-order chi connectivity index (χ1) is 11.5. The van der Waals surface area contributed by atoms with Gasteiger partial charge in [0.25, 0.3) is 0 Å². The van der Waals surface area contributed by atoms with Gasteiger partial charge < -0.3 is 9.31 Å². The highest BCUT2D eigenvalue weighted by atomic mass is 16.7. The molecule has 2 aromatic heterocycles. The van der Waals surface area contributed by atoms with Crippen LogP contribution in [0, 0.1) is 0 Å². The van der Waals surface area contributed by atoms with Crippen LogP contribution < -0.4 is 5.46 Å². The van der Waals surface area contributed by atoms with Crippen molar-refractivity contribution in [3.05, 3.63) is 42.5 Å². The first-order valence-corrected chi connectivity index (χ1v) is 8.77. The summed E-state index contributed by atoms with van der Waals surface area (Å²) in [5.41, 5.74) is 3.43. The van der Waals surface area contributed by atoms with Gasteiger partial charge in [0.05, 0.1) is 11.2 Å². The molecular formula is C20H27BN2O2. The molecule has 25 heavy (non-hydrogen) atoms. The SMILES string of the molecule is CC(C)(C)c1cc(-c2cncc(B3OC(C)(C)C(C)(C)O3)c2)ccn1. The third kappa shape index (κ3) is 3.49. The Morgan fingerprint density at radius 1 is 0.920 bits per heavy atom. The highest BCUT2D eigenvalue weighted by molar-refractivity contribution is 6.62. The molecule has 132 valence electrons. The van der Waals surface area contributed by atoms with Gasteiger partial charge in [-0.15, -0.1) is 0 Å². The van der Waals surface area contributed by atoms with E-state index in [1.165, 1.54) is 0 Å². The van der Waals surface area contributed by atoms with Crippen LogP contribution in [0.2, 0.25) is 0 Å². The fraction of sp³-hybridized carbons (Fsp3) is 0.500. The Hall–Kier alpha value is -1.72. The van der Waals surface area contributed by atoms with E-state index in [1.54, 1.807) is 0 Å². The fourth-order valence-corrected chi connectivity index (χ4v) is 2.74. The summed E-state index contributed by atoms with van der Waals surface area (Å²) in [6.45, 7) is 14.7. The molecule has 1 fully saturated rings. The van der Waals surface area contributed by atoms with Crippen LogP contribution in [0.3, 0.4) is 0 Å². The first-order valence-electron chi connectivity index (χ1n) is 8.77. The molecule has 3 heterocycles. The van der Waals surface area contributed by atoms with Gasteiger partial charge in [0.15, 0.2) is 0 Å². The zero-order chi connectivity index (χ0) is 18.5. The molecule has 0 atom stereocenters. The Labute approximate surface area is 151 Å². The van der Waals surface area contributed by atoms with E-state index in [0.717, 1.165) is 22.3 Å². The molecule has 3 rings (SSSR count). The van der Waals surface area contributed by atoms with Crippen LogP contribution >= 0.6 is 0 Å². The summed E-state index contributed by atoms with van der Waals surface area (Å²) in [6.07, 6.45) is 5.55. The van der Waals surface area contributed by atoms with Crippen LogP contribution in [0.25, 0.3) is 11.1 Å². The molecule has 5 heteroatoms. The normalized spacial score (nSPS) is 19.2. The molecule has 0 radical (unpaired) electrons. The highest BCUT2D eigenvalue weighted by Gasteiger charge is 2.51. The quantitative estimate of drug-likeness (QED) is 0.783. The van der Waals surface area contributed by atoms with E-state index >= 15 is 0 Å². The van der Waals surface area contributed by atoms with Gasteiger partial charge in [0.2, 0.25) is 0 Å². The minimum absolute atomic E-state index is 0.00672. The Bertz CT molecular complexity index is 765. The maximum Gasteiger partial charge on any atom is 0.496 e. The lowest BCUT2D eigenvalue weighted by Gasteiger charge is -2.32. The lowest BCUT2D eigenvalue weighted by atomic mass is 9.79. The molecule has 0 saturated carbocycles. The van der Waals surface area contributed by atoms with Gasteiger partial charge in [-0.1, -0.05) is 26.8 Å². The second kappa shape index (κ2) is 5.92. The number of rotatable bonds is 2. The van der Waals surface area contributed by atoms with Crippen molar-refractivity contribution in [1.29, 1.82) is 0 Å². The van der Waals surface area contributed by atoms with Gasteiger partial charge in [-0.25, -0.2) is 0 Å². The number of aromatic nitrogens is 2. The van der Waals surface area contributed by atoms with Crippen molar-refractivity contribution in [3.63, 3.8) is 0 Å². The van der Waals surface area contributed by atoms with Crippen LogP contribution in [-0.2, 0) is 14.7 Å². The fourth-order valence-electron chi connectivity index (χ4n) is 2.74. The monoisotopic (exact) mass is 338 g/mol. The smallest absolute Gasteiger partial charge is 0.399 e. The summed E-state index contributed by atoms with van der Waals surface area (Å²) in [7, 11) is -0.402. The first kappa shape index (κ1) is 18.1. The molecule has 2 aromatic rings. The Morgan fingerprint density at radius 2 is 1.56 bits per heavy atom. The molecular weight excluding hydrogens is 311 g/mol. The van der Waals surface area contributed by atoms with E-state index < -0.39 is 7.12 Å². The van der Waals surface area contributed by atoms with Gasteiger partial charge >= 0.3 is 7.12 Å². The van der Waals surface area contributed by atoms with Gasteiger partial charge in [-0.3, -0.25) is 9.97 Å². The summed E-state index contributed by atoms with van der Waals surface area (Å²) in [5.74, 6) is 0. The summed E-state index contributed by atoms with van der Waals surface area (Å²) < 4.78 is 12.3. The van der Waals surface area contributed by atoms with E-state index in [1.807, 2.05) is 24.7 Å². The molecule has 1 aliphatic heterocycles. The summed E-state index contributed by atoms with van der Waals surface area (Å²) in [6, 6.07) is 6.24. The molecule has 4 nitrogen and oxygen atoms in total. The predicted molar refractivity (Wildman–Crippen MR) is 102 cm³/mol. The molecule has 0 aliphatic carbocycles. The van der Waals surface area contributed by atoms with Crippen molar-refractivity contribution < 1.29 is 9.31 Å². The largest absolute Gasteiger partial charge is 0.496 e. The molecule has 1 saturated heterocycles. The number of pyridine rings is 2. The third-order valence-electron chi connectivity index (χ3n) is 5.15. The summed E-state index contributed by atoms with van der Waals surface area (Å²) in [5, 5.41) is 0. The second-order valence-electron chi connectivity index (χ2n) is 8.77. The molecule has 0 bridgehead atoms. The number of hydrogen-bond donors (Lipinski definition) is 0. The Balaban J connectivity index is 1.94. The van der Waals surface area contributed by atoms with Gasteiger partial charge in [0.1, 0.15) is 0 Å². The average Bonchev–Trinajstić information content (AvgIpc) is 2.75. The van der Waals surface area contributed by atoms with E-state index in [2.05, 4.69) is 70.6 Å². The summed E-state index contributed by atoms with van der Waals surface area (Å²) >= 11 is 0. The molecule has 0 aromatic carbocycles. The lowest BCUT2D eigenvalue weighted by Crippen LogP contribution is -2.41. The minimum Gasteiger partial charge on any atom is -0.399 e. The number of hydrogen-bond acceptors (Lipinski definition) is 4. The molecule has 0 spiro atoms. The van der Waals surface area contributed by atoms with Crippen molar-refractivity contribution >= 4 is 12.6 Å². The molecule has 0 unspecified atom stereocenters. The van der Waals surface area contributed by atoms with Crippen LogP contribution in [0.15, 0.2) is 36.8 Å². The standard InChI is InChI=1S/C20H27BN2O2/c1-18(2,3)17-11-14(8-9-23-17)15-10-16(13-22-12-15)21-24-19(4,5)20(6,7)25-21/h8-13H,1-7H3. The number of nitrogens with zero attached hydrogens (tertiary/aromatic N) is 2. The second-order valence-corrected chi connectivity index (χ2v) is 8.77. The zero-order valence-corrected chi connectivity index (χ0v) is 16.3. The average molecular weight is 338 g/mol. The molecule has 0 N–H and O–H groups in total. The maximum absolute atomic E-state index is 6.14. The van der Waals surface area contributed by atoms with Crippen molar-refractivity contribution in [1.82, 2.24) is 9.97 Å². The van der Waals surface area contributed by atoms with E-state index in [9.17, 15) is 0 Å². The Kier molecular flexibility index (Phi) is 4.29. The minimum atomic E-state index is -0.402. The van der Waals surface area contributed by atoms with E-state index in [4.69, 9.17) is 9.31 Å². The van der Waals surface area contributed by atoms with E-state index in [-0.39, 0.29) is 16.6 Å². The lowest BCUT2D eigenvalue weighted by molar-refractivity contribution is 0.00578. The molecule has 1 aliphatic rings. The Morgan fingerprint density at radius 3 is 2.16 bits per heavy atom. The van der Waals surface area contributed by atoms with Crippen molar-refractivity contribution in [2.24, 2.45) is 0 Å². The molecule has 0 amide bonds. The maximum atomic E-state index is 6.14. The van der Waals surface area contributed by atoms with Gasteiger partial charge in [0, 0.05) is 35.2 Å². The van der Waals surface area contributed by atoms with Crippen LogP contribution in [0.4, 0.5) is 0 Å². The van der Waals surface area contributed by atoms with Crippen molar-refractivity contribution in [3.8, 4) is 11.1 Å². The van der Waals surface area contributed by atoms with Crippen molar-refractivity contribution in [2.75, 3.05) is 0 Å². The van der Waals surface area contributed by atoms with Crippen LogP contribution in [0.5, 0.6) is 0 Å². The van der Waals surface area contributed by atoms with Crippen LogP contribution in [0.1, 0.15) is 54.2 Å². The van der Waals surface area contributed by atoms with Crippen LogP contribution in [-0.4, -0.2) is 28.3 Å². The topological polar surface area (TPSA) is 44.2 Å². The van der Waals surface area contributed by atoms with Crippen molar-refractivity contribution in [2.45, 2.75) is 65.1 Å². The van der Waals surface area contributed by atoms with Gasteiger partial charge in [-0.2, -0.15) is 0 Å². The van der Waals surface area contributed by atoms with Gasteiger partial charge in [-0.05, 0) is 51.0 Å². The van der Waals surface area contributed by atoms with E-state index in [0.29, 0.717) is 0 Å². The third-order valence-corrected chi connectivity index (χ3v) is 5.15. The predicted octanol–water partition coefficient (Wildman–Crippen LogP) is 3.74.